The molecule has 3 heterocycles. The number of hydrogen-bond acceptors (Lipinski definition) is 7. The number of pyridine rings is 1. The first-order chi connectivity index (χ1) is 20.1. The molecular formula is C31H34F3N7O. The van der Waals surface area contributed by atoms with Crippen molar-refractivity contribution in [1.29, 1.82) is 0 Å². The minimum Gasteiger partial charge on any atom is -0.372 e. The number of aromatic nitrogens is 2. The predicted molar refractivity (Wildman–Crippen MR) is 158 cm³/mol. The number of hydrazone groups is 1. The van der Waals surface area contributed by atoms with E-state index in [1.807, 2.05) is 61.0 Å². The summed E-state index contributed by atoms with van der Waals surface area (Å²) in [5, 5.41) is 23.6. The monoisotopic (exact) mass is 577 g/mol. The number of alkyl halides is 3. The lowest BCUT2D eigenvalue weighted by molar-refractivity contribution is -0.0942. The second-order valence-corrected chi connectivity index (χ2v) is 10.7. The Bertz CT molecular complexity index is 1590. The zero-order valence-corrected chi connectivity index (χ0v) is 23.8. The van der Waals surface area contributed by atoms with Gasteiger partial charge in [-0.3, -0.25) is 9.41 Å². The summed E-state index contributed by atoms with van der Waals surface area (Å²) >= 11 is 0. The number of fused-ring (bicyclic) bond motifs is 1. The summed E-state index contributed by atoms with van der Waals surface area (Å²) in [6.07, 6.45) is 2.85. The Hall–Kier alpha value is -4.27. The number of aliphatic hydroxyl groups excluding tert-OH is 1. The normalized spacial score (nSPS) is 17.6. The lowest BCUT2D eigenvalue weighted by Crippen LogP contribution is -2.32. The van der Waals surface area contributed by atoms with Gasteiger partial charge in [0, 0.05) is 47.9 Å². The van der Waals surface area contributed by atoms with Gasteiger partial charge < -0.3 is 20.6 Å². The van der Waals surface area contributed by atoms with E-state index < -0.39 is 18.0 Å². The zero-order chi connectivity index (χ0) is 29.9. The Morgan fingerprint density at radius 3 is 2.83 bits per heavy atom. The van der Waals surface area contributed by atoms with Gasteiger partial charge in [0.1, 0.15) is 5.69 Å². The first-order valence-electron chi connectivity index (χ1n) is 13.8. The van der Waals surface area contributed by atoms with Crippen molar-refractivity contribution in [2.24, 2.45) is 5.10 Å². The topological polar surface area (TPSA) is 80.4 Å². The van der Waals surface area contributed by atoms with Gasteiger partial charge in [-0.2, -0.15) is 18.3 Å². The molecule has 2 unspecified atom stereocenters. The molecule has 3 aromatic rings. The van der Waals surface area contributed by atoms with Crippen LogP contribution in [0.2, 0.25) is 0 Å². The van der Waals surface area contributed by atoms with E-state index in [2.05, 4.69) is 37.5 Å². The Balaban J connectivity index is 1.29. The Morgan fingerprint density at radius 2 is 2.05 bits per heavy atom. The molecule has 0 spiro atoms. The maximum atomic E-state index is 13.1. The molecule has 11 heteroatoms. The highest BCUT2D eigenvalue weighted by Gasteiger charge is 2.34. The molecule has 220 valence electrons. The summed E-state index contributed by atoms with van der Waals surface area (Å²) in [6.45, 7) is 4.47. The van der Waals surface area contributed by atoms with Crippen molar-refractivity contribution in [3.63, 3.8) is 0 Å². The van der Waals surface area contributed by atoms with Crippen molar-refractivity contribution < 1.29 is 18.3 Å². The predicted octanol–water partition coefficient (Wildman–Crippen LogP) is 4.43. The maximum absolute atomic E-state index is 13.1. The third kappa shape index (κ3) is 6.95. The van der Waals surface area contributed by atoms with E-state index in [0.29, 0.717) is 16.8 Å². The molecule has 0 saturated carbocycles. The summed E-state index contributed by atoms with van der Waals surface area (Å²) < 4.78 is 41.3. The number of aliphatic hydroxyl groups is 1. The van der Waals surface area contributed by atoms with E-state index >= 15 is 0 Å². The lowest BCUT2D eigenvalue weighted by Gasteiger charge is -2.21. The fourth-order valence-electron chi connectivity index (χ4n) is 4.80. The molecule has 1 aromatic carbocycles. The number of allylic oxidation sites excluding steroid dienone is 3. The number of aryl methyl sites for hydroxylation is 1. The van der Waals surface area contributed by atoms with Gasteiger partial charge in [-0.05, 0) is 69.6 Å². The van der Waals surface area contributed by atoms with E-state index in [-0.39, 0.29) is 24.6 Å². The van der Waals surface area contributed by atoms with Gasteiger partial charge in [0.25, 0.3) is 0 Å². The molecule has 1 aliphatic heterocycles. The van der Waals surface area contributed by atoms with Crippen molar-refractivity contribution in [3.05, 3.63) is 88.5 Å². The number of anilines is 1. The Kier molecular flexibility index (Phi) is 8.56. The third-order valence-electron chi connectivity index (χ3n) is 7.18. The van der Waals surface area contributed by atoms with Crippen molar-refractivity contribution >= 4 is 17.5 Å². The average molecular weight is 578 g/mol. The van der Waals surface area contributed by atoms with Crippen LogP contribution in [-0.4, -0.2) is 76.6 Å². The molecule has 2 aromatic heterocycles. The number of hydrogen-bond donors (Lipinski definition) is 3. The molecule has 3 N–H and O–H groups in total. The minimum absolute atomic E-state index is 0.0648. The van der Waals surface area contributed by atoms with E-state index in [0.717, 1.165) is 42.6 Å². The fraction of sp³-hybridized carbons (Fsp3) is 0.355. The van der Waals surface area contributed by atoms with Gasteiger partial charge in [0.15, 0.2) is 11.9 Å². The van der Waals surface area contributed by atoms with Gasteiger partial charge >= 0.3 is 6.18 Å². The first kappa shape index (κ1) is 29.2. The van der Waals surface area contributed by atoms with Crippen LogP contribution >= 0.6 is 0 Å². The van der Waals surface area contributed by atoms with Crippen LogP contribution in [0.15, 0.2) is 71.2 Å². The Labute approximate surface area is 243 Å². The number of halogens is 3. The number of nitrogens with zero attached hydrogens (tertiary/aromatic N) is 5. The number of benzene rings is 1. The van der Waals surface area contributed by atoms with E-state index in [4.69, 9.17) is 0 Å². The van der Waals surface area contributed by atoms with Crippen LogP contribution in [0, 0.1) is 18.8 Å². The SMILES string of the molecule is Cc1ccc(C(O)NC2=CCCC(C(F)(F)F)=C2)cc1C#Cc1cnc2c(NC3C=NN(CCN(C)C)C3)cccn12. The molecule has 0 radical (unpaired) electrons. The van der Waals surface area contributed by atoms with Crippen LogP contribution in [0.5, 0.6) is 0 Å². The van der Waals surface area contributed by atoms with E-state index in [1.165, 1.54) is 0 Å². The fourth-order valence-corrected chi connectivity index (χ4v) is 4.80. The molecule has 8 nitrogen and oxygen atoms in total. The minimum atomic E-state index is -4.38. The molecular weight excluding hydrogens is 543 g/mol. The maximum Gasteiger partial charge on any atom is 0.412 e. The van der Waals surface area contributed by atoms with Gasteiger partial charge in [-0.25, -0.2) is 4.98 Å². The summed E-state index contributed by atoms with van der Waals surface area (Å²) in [4.78, 5) is 6.73. The second kappa shape index (κ2) is 12.3. The van der Waals surface area contributed by atoms with Crippen molar-refractivity contribution in [2.45, 2.75) is 38.2 Å². The highest BCUT2D eigenvalue weighted by atomic mass is 19.4. The van der Waals surface area contributed by atoms with Gasteiger partial charge in [-0.15, -0.1) is 0 Å². The zero-order valence-electron chi connectivity index (χ0n) is 23.8. The van der Waals surface area contributed by atoms with E-state index in [9.17, 15) is 18.3 Å². The molecule has 0 bridgehead atoms. The van der Waals surface area contributed by atoms with E-state index in [1.54, 1.807) is 24.4 Å². The smallest absolute Gasteiger partial charge is 0.372 e. The van der Waals surface area contributed by atoms with Gasteiger partial charge in [0.05, 0.1) is 24.5 Å². The number of nitrogens with one attached hydrogen (secondary N) is 2. The van der Waals surface area contributed by atoms with Crippen LogP contribution in [0.1, 0.15) is 41.5 Å². The summed E-state index contributed by atoms with van der Waals surface area (Å²) in [7, 11) is 4.08. The molecule has 0 saturated heterocycles. The van der Waals surface area contributed by atoms with Crippen LogP contribution in [0.25, 0.3) is 5.65 Å². The van der Waals surface area contributed by atoms with Crippen LogP contribution in [-0.2, 0) is 0 Å². The highest BCUT2D eigenvalue weighted by molar-refractivity contribution is 5.76. The first-order valence-corrected chi connectivity index (χ1v) is 13.8. The van der Waals surface area contributed by atoms with Crippen molar-refractivity contribution in [3.8, 4) is 11.8 Å². The van der Waals surface area contributed by atoms with Crippen LogP contribution < -0.4 is 10.6 Å². The highest BCUT2D eigenvalue weighted by Crippen LogP contribution is 2.32. The third-order valence-corrected chi connectivity index (χ3v) is 7.18. The van der Waals surface area contributed by atoms with Gasteiger partial charge in [-0.1, -0.05) is 24.1 Å². The summed E-state index contributed by atoms with van der Waals surface area (Å²) in [6, 6.07) is 9.29. The van der Waals surface area contributed by atoms with Crippen molar-refractivity contribution in [2.75, 3.05) is 39.0 Å². The second-order valence-electron chi connectivity index (χ2n) is 10.7. The molecule has 0 amide bonds. The van der Waals surface area contributed by atoms with Crippen LogP contribution in [0.4, 0.5) is 18.9 Å². The molecule has 2 atom stereocenters. The molecule has 0 fully saturated rings. The Morgan fingerprint density at radius 1 is 1.21 bits per heavy atom. The summed E-state index contributed by atoms with van der Waals surface area (Å²) in [5.41, 5.74) is 4.06. The van der Waals surface area contributed by atoms with Crippen molar-refractivity contribution in [1.82, 2.24) is 24.6 Å². The summed E-state index contributed by atoms with van der Waals surface area (Å²) in [5.74, 6) is 6.36. The number of rotatable bonds is 8. The molecule has 42 heavy (non-hydrogen) atoms. The molecule has 5 rings (SSSR count). The quantitative estimate of drug-likeness (QED) is 0.272. The lowest BCUT2D eigenvalue weighted by atomic mass is 10.0. The average Bonchev–Trinajstić information content (AvgIpc) is 3.58. The van der Waals surface area contributed by atoms with Gasteiger partial charge in [0.2, 0.25) is 0 Å². The largest absolute Gasteiger partial charge is 0.412 e. The number of imidazole rings is 1. The standard InChI is InChI=1S/C31H34F3N7O/c1-21-9-10-23(30(42)38-25-7-4-6-24(17-25)31(32,33)34)16-22(21)11-12-27-19-35-29-28(8-5-13-41(27)29)37-26-18-36-40(20-26)15-14-39(2)3/h5,7-10,13,16-19,26,30,37-38,42H,4,6,14-15,20H2,1-3H3. The molecule has 2 aliphatic rings. The molecule has 1 aliphatic carbocycles. The number of likely N-dealkylation sites (N-methyl/N-ethyl adjacent to an activating group) is 1. The van der Waals surface area contributed by atoms with Crippen LogP contribution in [0.3, 0.4) is 0 Å².